The zero-order chi connectivity index (χ0) is 15.6. The highest BCUT2D eigenvalue weighted by Gasteiger charge is 2.39. The Morgan fingerprint density at radius 2 is 2.10 bits per heavy atom. The van der Waals surface area contributed by atoms with Crippen LogP contribution in [0.4, 0.5) is 0 Å². The fourth-order valence-electron chi connectivity index (χ4n) is 2.65. The number of hydrogen-bond donors (Lipinski definition) is 1. The van der Waals surface area contributed by atoms with E-state index >= 15 is 0 Å². The molecule has 2 heterocycles. The molecule has 0 aliphatic carbocycles. The van der Waals surface area contributed by atoms with E-state index in [4.69, 9.17) is 0 Å². The minimum absolute atomic E-state index is 0.0335. The largest absolute Gasteiger partial charge is 0.344 e. The molecule has 2 unspecified atom stereocenters. The molecule has 4 nitrogen and oxygen atoms in total. The first-order valence-corrected chi connectivity index (χ1v) is 8.34. The maximum Gasteiger partial charge on any atom is 0.245 e. The van der Waals surface area contributed by atoms with Gasteiger partial charge in [0.25, 0.3) is 0 Å². The Morgan fingerprint density at radius 3 is 2.67 bits per heavy atom. The van der Waals surface area contributed by atoms with E-state index in [1.54, 1.807) is 11.3 Å². The molecule has 21 heavy (non-hydrogen) atoms. The van der Waals surface area contributed by atoms with Gasteiger partial charge < -0.3 is 10.2 Å². The fourth-order valence-corrected chi connectivity index (χ4v) is 3.35. The topological polar surface area (TPSA) is 49.4 Å². The molecule has 2 rings (SSSR count). The van der Waals surface area contributed by atoms with Crippen molar-refractivity contribution in [3.8, 4) is 0 Å². The lowest BCUT2D eigenvalue weighted by Gasteiger charge is -2.34. The first-order chi connectivity index (χ1) is 9.79. The van der Waals surface area contributed by atoms with Crippen molar-refractivity contribution in [2.24, 2.45) is 5.41 Å². The summed E-state index contributed by atoms with van der Waals surface area (Å²) < 4.78 is 0. The number of carbonyl (C=O) groups is 2. The highest BCUT2D eigenvalue weighted by atomic mass is 32.1. The van der Waals surface area contributed by atoms with Crippen molar-refractivity contribution in [1.82, 2.24) is 10.2 Å². The second-order valence-electron chi connectivity index (χ2n) is 6.83. The first kappa shape index (κ1) is 16.0. The second-order valence-corrected chi connectivity index (χ2v) is 7.61. The van der Waals surface area contributed by atoms with E-state index in [0.29, 0.717) is 13.0 Å². The van der Waals surface area contributed by atoms with E-state index in [2.05, 4.69) is 16.8 Å². The van der Waals surface area contributed by atoms with Gasteiger partial charge in [-0.2, -0.15) is 11.3 Å². The summed E-state index contributed by atoms with van der Waals surface area (Å²) in [7, 11) is 0. The van der Waals surface area contributed by atoms with Gasteiger partial charge in [0.15, 0.2) is 0 Å². The molecule has 0 spiro atoms. The third kappa shape index (κ3) is 3.84. The van der Waals surface area contributed by atoms with Gasteiger partial charge in [-0.3, -0.25) is 9.59 Å². The average molecular weight is 308 g/mol. The van der Waals surface area contributed by atoms with Crippen LogP contribution in [0.15, 0.2) is 16.8 Å². The summed E-state index contributed by atoms with van der Waals surface area (Å²) in [6.45, 7) is 8.59. The molecule has 5 heteroatoms. The van der Waals surface area contributed by atoms with Crippen molar-refractivity contribution in [2.45, 2.75) is 52.6 Å². The minimum atomic E-state index is -0.447. The van der Waals surface area contributed by atoms with Crippen LogP contribution in [0.5, 0.6) is 0 Å². The van der Waals surface area contributed by atoms with Crippen molar-refractivity contribution >= 4 is 23.2 Å². The predicted molar refractivity (Wildman–Crippen MR) is 85.2 cm³/mol. The molecule has 0 saturated carbocycles. The van der Waals surface area contributed by atoms with Crippen molar-refractivity contribution < 1.29 is 9.59 Å². The fraction of sp³-hybridized carbons (Fsp3) is 0.625. The van der Waals surface area contributed by atoms with Crippen LogP contribution in [0.3, 0.4) is 0 Å². The molecule has 1 aromatic heterocycles. The molecular formula is C16H24N2O2S. The van der Waals surface area contributed by atoms with Gasteiger partial charge in [0, 0.05) is 19.0 Å². The molecule has 0 bridgehead atoms. The molecule has 1 N–H and O–H groups in total. The summed E-state index contributed by atoms with van der Waals surface area (Å²) >= 11 is 1.67. The summed E-state index contributed by atoms with van der Waals surface area (Å²) in [5.41, 5.74) is 0.966. The number of hydrogen-bond acceptors (Lipinski definition) is 3. The number of amides is 2. The first-order valence-electron chi connectivity index (χ1n) is 7.40. The van der Waals surface area contributed by atoms with Crippen molar-refractivity contribution in [1.29, 1.82) is 0 Å². The van der Waals surface area contributed by atoms with Gasteiger partial charge >= 0.3 is 0 Å². The predicted octanol–water partition coefficient (Wildman–Crippen LogP) is 2.44. The van der Waals surface area contributed by atoms with E-state index < -0.39 is 6.04 Å². The van der Waals surface area contributed by atoms with Crippen LogP contribution >= 0.6 is 11.3 Å². The van der Waals surface area contributed by atoms with Gasteiger partial charge in [-0.15, -0.1) is 0 Å². The molecule has 1 saturated heterocycles. The zero-order valence-electron chi connectivity index (χ0n) is 13.2. The van der Waals surface area contributed by atoms with Crippen LogP contribution in [0.2, 0.25) is 0 Å². The van der Waals surface area contributed by atoms with Gasteiger partial charge in [0.1, 0.15) is 6.04 Å². The molecule has 0 radical (unpaired) electrons. The molecule has 1 fully saturated rings. The lowest BCUT2D eigenvalue weighted by Crippen LogP contribution is -2.53. The van der Waals surface area contributed by atoms with E-state index in [-0.39, 0.29) is 23.3 Å². The Morgan fingerprint density at radius 1 is 1.38 bits per heavy atom. The monoisotopic (exact) mass is 308 g/mol. The van der Waals surface area contributed by atoms with E-state index in [1.165, 1.54) is 5.56 Å². The van der Waals surface area contributed by atoms with Crippen LogP contribution in [0.25, 0.3) is 0 Å². The minimum Gasteiger partial charge on any atom is -0.344 e. The number of nitrogens with one attached hydrogen (secondary N) is 1. The molecule has 0 aromatic carbocycles. The molecule has 2 atom stereocenters. The highest BCUT2D eigenvalue weighted by molar-refractivity contribution is 7.07. The van der Waals surface area contributed by atoms with Crippen LogP contribution in [-0.2, 0) is 16.0 Å². The van der Waals surface area contributed by atoms with E-state index in [0.717, 1.165) is 6.42 Å². The third-order valence-corrected chi connectivity index (χ3v) is 4.67. The highest BCUT2D eigenvalue weighted by Crippen LogP contribution is 2.25. The summed E-state index contributed by atoms with van der Waals surface area (Å²) in [5.74, 6) is 0.00453. The van der Waals surface area contributed by atoms with E-state index in [9.17, 15) is 9.59 Å². The summed E-state index contributed by atoms with van der Waals surface area (Å²) in [4.78, 5) is 26.7. The Balaban J connectivity index is 2.16. The second kappa shape index (κ2) is 6.18. The van der Waals surface area contributed by atoms with Gasteiger partial charge in [0.05, 0.1) is 0 Å². The normalized spacial score (nSPS) is 23.9. The van der Waals surface area contributed by atoms with Gasteiger partial charge in [-0.05, 0) is 41.1 Å². The lowest BCUT2D eigenvalue weighted by atomic mass is 9.86. The summed E-state index contributed by atoms with van der Waals surface area (Å²) in [6.07, 6.45) is 1.21. The number of thiophene rings is 1. The lowest BCUT2D eigenvalue weighted by molar-refractivity contribution is -0.137. The van der Waals surface area contributed by atoms with Crippen LogP contribution in [0, 0.1) is 5.41 Å². The Kier molecular flexibility index (Phi) is 4.71. The van der Waals surface area contributed by atoms with Gasteiger partial charge in [-0.25, -0.2) is 0 Å². The Labute approximate surface area is 130 Å². The Hall–Kier alpha value is -1.36. The van der Waals surface area contributed by atoms with E-state index in [1.807, 2.05) is 38.0 Å². The molecule has 1 aliphatic rings. The molecule has 2 amide bonds. The summed E-state index contributed by atoms with van der Waals surface area (Å²) in [5, 5.41) is 7.05. The molecule has 116 valence electrons. The number of nitrogens with zero attached hydrogens (tertiary/aromatic N) is 1. The zero-order valence-corrected chi connectivity index (χ0v) is 14.0. The maximum atomic E-state index is 12.8. The standard InChI is InChI=1S/C16H24N2O2S/c1-11-9-13(19)17-14(16(2,3)4)15(20)18(11)7-5-12-6-8-21-10-12/h6,8,10-11,14H,5,7,9H2,1-4H3,(H,17,19). The van der Waals surface area contributed by atoms with Gasteiger partial charge in [-0.1, -0.05) is 20.8 Å². The number of rotatable bonds is 3. The molecule has 1 aromatic rings. The van der Waals surface area contributed by atoms with Gasteiger partial charge in [0.2, 0.25) is 11.8 Å². The van der Waals surface area contributed by atoms with Crippen LogP contribution < -0.4 is 5.32 Å². The number of carbonyl (C=O) groups excluding carboxylic acids is 2. The SMILES string of the molecule is CC1CC(=O)NC(C(C)(C)C)C(=O)N1CCc1ccsc1. The maximum absolute atomic E-state index is 12.8. The van der Waals surface area contributed by atoms with Crippen LogP contribution in [0.1, 0.15) is 39.7 Å². The molecular weight excluding hydrogens is 284 g/mol. The average Bonchev–Trinajstić information content (AvgIpc) is 2.83. The van der Waals surface area contributed by atoms with Crippen LogP contribution in [-0.4, -0.2) is 35.3 Å². The van der Waals surface area contributed by atoms with Crippen molar-refractivity contribution in [3.05, 3.63) is 22.4 Å². The third-order valence-electron chi connectivity index (χ3n) is 3.94. The Bertz CT molecular complexity index is 505. The van der Waals surface area contributed by atoms with Crippen molar-refractivity contribution in [3.63, 3.8) is 0 Å². The molecule has 1 aliphatic heterocycles. The quantitative estimate of drug-likeness (QED) is 0.932. The summed E-state index contributed by atoms with van der Waals surface area (Å²) in [6, 6.07) is 1.59. The van der Waals surface area contributed by atoms with Crippen molar-refractivity contribution in [2.75, 3.05) is 6.54 Å². The smallest absolute Gasteiger partial charge is 0.245 e.